The summed E-state index contributed by atoms with van der Waals surface area (Å²) in [6.07, 6.45) is -0.353. The summed E-state index contributed by atoms with van der Waals surface area (Å²) in [6.45, 7) is 0. The Balaban J connectivity index is 0.00000200. The second-order valence-electron chi connectivity index (χ2n) is 3.90. The molecule has 0 heterocycles. The molecule has 0 aliphatic rings. The monoisotopic (exact) mass is 299 g/mol. The van der Waals surface area contributed by atoms with Gasteiger partial charge in [-0.25, -0.2) is 0 Å². The fourth-order valence-electron chi connectivity index (χ4n) is 1.65. The maximum absolute atomic E-state index is 10.8. The van der Waals surface area contributed by atoms with Crippen LogP contribution in [-0.4, -0.2) is 5.97 Å². The van der Waals surface area contributed by atoms with Crippen molar-refractivity contribution in [3.63, 3.8) is 0 Å². The molecule has 2 N–H and O–H groups in total. The number of hydrogen-bond donors (Lipinski definition) is 1. The number of aliphatic carboxylic acids is 1. The largest absolute Gasteiger partial charge is 1.00 e. The van der Waals surface area contributed by atoms with Gasteiger partial charge in [-0.3, -0.25) is 0 Å². The van der Waals surface area contributed by atoms with Gasteiger partial charge in [0.25, 0.3) is 0 Å². The van der Waals surface area contributed by atoms with Crippen molar-refractivity contribution in [2.24, 2.45) is 0 Å². The summed E-state index contributed by atoms with van der Waals surface area (Å²) in [6, 6.07) is 12.1. The number of benzene rings is 2. The van der Waals surface area contributed by atoms with E-state index >= 15 is 0 Å². The maximum Gasteiger partial charge on any atom is 1.00 e. The minimum absolute atomic E-state index is 0. The number of anilines is 1. The Morgan fingerprint density at radius 1 is 1.20 bits per heavy atom. The summed E-state index contributed by atoms with van der Waals surface area (Å²) >= 11 is 5.88. The van der Waals surface area contributed by atoms with Crippen LogP contribution in [0.2, 0.25) is 5.02 Å². The summed E-state index contributed by atoms with van der Waals surface area (Å²) in [4.78, 5) is 10.8. The van der Waals surface area contributed by atoms with Crippen LogP contribution in [-0.2, 0) is 11.2 Å². The van der Waals surface area contributed by atoms with Gasteiger partial charge in [0.1, 0.15) is 11.5 Å². The van der Waals surface area contributed by atoms with E-state index in [-0.39, 0.29) is 46.7 Å². The maximum atomic E-state index is 10.8. The SMILES string of the molecule is Nc1c(Cl)ccc(Oc2ccccc2)c1CC(=O)[O-].[Na+]. The molecule has 0 radical (unpaired) electrons. The molecule has 0 unspecified atom stereocenters. The van der Waals surface area contributed by atoms with Crippen molar-refractivity contribution in [1.82, 2.24) is 0 Å². The van der Waals surface area contributed by atoms with E-state index in [0.29, 0.717) is 17.1 Å². The van der Waals surface area contributed by atoms with Crippen LogP contribution in [0.25, 0.3) is 0 Å². The molecule has 6 heteroatoms. The first-order valence-electron chi connectivity index (χ1n) is 5.57. The van der Waals surface area contributed by atoms with E-state index in [2.05, 4.69) is 0 Å². The number of carboxylic acid groups (broad SMARTS) is 1. The van der Waals surface area contributed by atoms with Gasteiger partial charge in [-0.2, -0.15) is 0 Å². The van der Waals surface area contributed by atoms with Crippen LogP contribution in [0.4, 0.5) is 5.69 Å². The van der Waals surface area contributed by atoms with E-state index in [9.17, 15) is 9.90 Å². The first-order chi connectivity index (χ1) is 9.08. The molecule has 0 aliphatic heterocycles. The second kappa shape index (κ2) is 7.55. The van der Waals surface area contributed by atoms with Crippen LogP contribution in [0.1, 0.15) is 5.56 Å². The van der Waals surface area contributed by atoms with Gasteiger partial charge in [0.15, 0.2) is 0 Å². The average molecular weight is 300 g/mol. The number of hydrogen-bond acceptors (Lipinski definition) is 4. The standard InChI is InChI=1S/C14H12ClNO3.Na/c15-11-6-7-12(10(14(11)16)8-13(17)18)19-9-4-2-1-3-5-9;/h1-7H,8,16H2,(H,17,18);/q;+1/p-1. The number of rotatable bonds is 4. The smallest absolute Gasteiger partial charge is 0.550 e. The molecule has 0 bridgehead atoms. The van der Waals surface area contributed by atoms with Crippen LogP contribution >= 0.6 is 11.6 Å². The number of carboxylic acids is 1. The number of carbonyl (C=O) groups excluding carboxylic acids is 1. The predicted octanol–water partition coefficient (Wildman–Crippen LogP) is -0.989. The molecule has 0 amide bonds. The number of halogens is 1. The van der Waals surface area contributed by atoms with Gasteiger partial charge < -0.3 is 20.4 Å². The van der Waals surface area contributed by atoms with Gasteiger partial charge in [-0.1, -0.05) is 29.8 Å². The molecule has 98 valence electrons. The van der Waals surface area contributed by atoms with E-state index in [0.717, 1.165) is 0 Å². The fraction of sp³-hybridized carbons (Fsp3) is 0.0714. The normalized spacial score (nSPS) is 9.65. The zero-order valence-corrected chi connectivity index (χ0v) is 13.7. The number of para-hydroxylation sites is 1. The van der Waals surface area contributed by atoms with Crippen molar-refractivity contribution in [1.29, 1.82) is 0 Å². The van der Waals surface area contributed by atoms with Crippen molar-refractivity contribution < 1.29 is 44.2 Å². The third-order valence-electron chi connectivity index (χ3n) is 2.55. The minimum Gasteiger partial charge on any atom is -0.550 e. The molecule has 0 saturated carbocycles. The van der Waals surface area contributed by atoms with E-state index in [1.165, 1.54) is 0 Å². The minimum atomic E-state index is -1.24. The van der Waals surface area contributed by atoms with E-state index < -0.39 is 5.97 Å². The molecule has 0 spiro atoms. The van der Waals surface area contributed by atoms with Crippen LogP contribution in [0.3, 0.4) is 0 Å². The zero-order chi connectivity index (χ0) is 13.8. The molecule has 0 saturated heterocycles. The Morgan fingerprint density at radius 3 is 2.45 bits per heavy atom. The molecule has 0 aliphatic carbocycles. The Labute approximate surface area is 143 Å². The van der Waals surface area contributed by atoms with Crippen LogP contribution in [0.15, 0.2) is 42.5 Å². The molecule has 0 fully saturated rings. The van der Waals surface area contributed by atoms with Crippen LogP contribution in [0, 0.1) is 0 Å². The molecule has 2 aromatic carbocycles. The number of nitrogen functional groups attached to an aromatic ring is 1. The van der Waals surface area contributed by atoms with Gasteiger partial charge in [0.2, 0.25) is 0 Å². The third kappa shape index (κ3) is 4.15. The van der Waals surface area contributed by atoms with Gasteiger partial charge in [0, 0.05) is 18.0 Å². The van der Waals surface area contributed by atoms with Gasteiger partial charge in [-0.15, -0.1) is 0 Å². The third-order valence-corrected chi connectivity index (χ3v) is 2.88. The summed E-state index contributed by atoms with van der Waals surface area (Å²) in [5, 5.41) is 11.1. The quantitative estimate of drug-likeness (QED) is 0.581. The van der Waals surface area contributed by atoms with Crippen molar-refractivity contribution >= 4 is 23.3 Å². The Bertz CT molecular complexity index is 605. The Hall–Kier alpha value is -1.20. The van der Waals surface area contributed by atoms with Crippen molar-refractivity contribution in [2.75, 3.05) is 5.73 Å². The summed E-state index contributed by atoms with van der Waals surface area (Å²) in [5.74, 6) is -0.298. The number of ether oxygens (including phenoxy) is 1. The first kappa shape index (κ1) is 16.9. The van der Waals surface area contributed by atoms with Crippen LogP contribution < -0.4 is 45.1 Å². The van der Waals surface area contributed by atoms with Gasteiger partial charge >= 0.3 is 29.6 Å². The van der Waals surface area contributed by atoms with E-state index in [1.54, 1.807) is 24.3 Å². The predicted molar refractivity (Wildman–Crippen MR) is 71.1 cm³/mol. The first-order valence-corrected chi connectivity index (χ1v) is 5.95. The van der Waals surface area contributed by atoms with E-state index in [1.807, 2.05) is 18.2 Å². The summed E-state index contributed by atoms with van der Waals surface area (Å²) in [5.41, 5.74) is 6.29. The van der Waals surface area contributed by atoms with Gasteiger partial charge in [0.05, 0.1) is 10.7 Å². The molecule has 20 heavy (non-hydrogen) atoms. The number of carbonyl (C=O) groups is 1. The fourth-order valence-corrected chi connectivity index (χ4v) is 1.83. The zero-order valence-electron chi connectivity index (χ0n) is 10.9. The molecule has 2 aromatic rings. The van der Waals surface area contributed by atoms with Crippen molar-refractivity contribution in [2.45, 2.75) is 6.42 Å². The van der Waals surface area contributed by atoms with Crippen molar-refractivity contribution in [3.8, 4) is 11.5 Å². The van der Waals surface area contributed by atoms with Crippen LogP contribution in [0.5, 0.6) is 11.5 Å². The topological polar surface area (TPSA) is 75.4 Å². The average Bonchev–Trinajstić information content (AvgIpc) is 2.39. The summed E-state index contributed by atoms with van der Waals surface area (Å²) in [7, 11) is 0. The van der Waals surface area contributed by atoms with E-state index in [4.69, 9.17) is 22.1 Å². The summed E-state index contributed by atoms with van der Waals surface area (Å²) < 4.78 is 5.62. The number of nitrogens with two attached hydrogens (primary N) is 1. The van der Waals surface area contributed by atoms with Crippen molar-refractivity contribution in [3.05, 3.63) is 53.1 Å². The Kier molecular flexibility index (Phi) is 6.36. The molecular weight excluding hydrogens is 289 g/mol. The molecule has 2 rings (SSSR count). The molecule has 0 atom stereocenters. The molecule has 0 aromatic heterocycles. The second-order valence-corrected chi connectivity index (χ2v) is 4.31. The van der Waals surface area contributed by atoms with Gasteiger partial charge in [-0.05, 0) is 24.3 Å². The molecule has 4 nitrogen and oxygen atoms in total. The Morgan fingerprint density at radius 2 is 1.85 bits per heavy atom. The molecular formula is C14H11ClNNaO3.